The fourth-order valence-electron chi connectivity index (χ4n) is 5.56. The number of aryl methyl sites for hydroxylation is 2. The molecule has 12 heteroatoms. The average Bonchev–Trinajstić information content (AvgIpc) is 3.50. The van der Waals surface area contributed by atoms with Crippen molar-refractivity contribution in [2.24, 2.45) is 0 Å². The van der Waals surface area contributed by atoms with Gasteiger partial charge in [-0.1, -0.05) is 11.6 Å². The summed E-state index contributed by atoms with van der Waals surface area (Å²) < 4.78 is 33.8. The molecular formula is C28H38ClN7O3S. The minimum Gasteiger partial charge on any atom is -0.488 e. The zero-order valence-electron chi connectivity index (χ0n) is 24.0. The lowest BCUT2D eigenvalue weighted by atomic mass is 9.82. The van der Waals surface area contributed by atoms with Gasteiger partial charge in [0.2, 0.25) is 20.8 Å². The standard InChI is InChI=1S/C28H38ClN7O3S/c1-7-36-15-23(27(34-36)40(37,38)16(2)3)31-26-21(29)14-30-28(33-26)32-22-12-17(4)24(19-8-10-35(6)11-9-19)20-13-18(5)39-25(20)22/h12,14-16,18-19H,7-11,13H2,1-6H3,(H2,30,31,32,33). The van der Waals surface area contributed by atoms with E-state index < -0.39 is 15.1 Å². The van der Waals surface area contributed by atoms with Gasteiger partial charge in [0.15, 0.2) is 5.82 Å². The summed E-state index contributed by atoms with van der Waals surface area (Å²) in [4.78, 5) is 11.4. The molecule has 2 N–H and O–H groups in total. The number of halogens is 1. The molecule has 2 aromatic heterocycles. The highest BCUT2D eigenvalue weighted by Crippen LogP contribution is 2.45. The van der Waals surface area contributed by atoms with Gasteiger partial charge in [-0.2, -0.15) is 10.1 Å². The van der Waals surface area contributed by atoms with E-state index in [4.69, 9.17) is 16.3 Å². The molecule has 2 aliphatic rings. The molecule has 0 amide bonds. The Bertz CT molecular complexity index is 1510. The highest BCUT2D eigenvalue weighted by atomic mass is 35.5. The lowest BCUT2D eigenvalue weighted by Gasteiger charge is -2.31. The molecule has 40 heavy (non-hydrogen) atoms. The number of piperidine rings is 1. The summed E-state index contributed by atoms with van der Waals surface area (Å²) in [5.41, 5.74) is 5.05. The van der Waals surface area contributed by atoms with E-state index in [2.05, 4.69) is 57.6 Å². The number of anilines is 4. The van der Waals surface area contributed by atoms with E-state index in [1.807, 2.05) is 6.92 Å². The molecule has 216 valence electrons. The highest BCUT2D eigenvalue weighted by molar-refractivity contribution is 7.92. The minimum absolute atomic E-state index is 0.0335. The molecule has 0 radical (unpaired) electrons. The molecule has 0 aliphatic carbocycles. The van der Waals surface area contributed by atoms with Crippen molar-refractivity contribution in [1.29, 1.82) is 0 Å². The first kappa shape index (κ1) is 28.6. The average molecular weight is 588 g/mol. The Morgan fingerprint density at radius 2 is 1.93 bits per heavy atom. The molecule has 4 heterocycles. The van der Waals surface area contributed by atoms with Crippen molar-refractivity contribution >= 4 is 44.6 Å². The number of nitrogens with one attached hydrogen (secondary N) is 2. The van der Waals surface area contributed by atoms with Gasteiger partial charge >= 0.3 is 0 Å². The topological polar surface area (TPSA) is 114 Å². The van der Waals surface area contributed by atoms with E-state index in [1.54, 1.807) is 24.7 Å². The third-order valence-corrected chi connectivity index (χ3v) is 10.1. The van der Waals surface area contributed by atoms with E-state index in [0.29, 0.717) is 24.1 Å². The fraction of sp³-hybridized carbons (Fsp3) is 0.536. The summed E-state index contributed by atoms with van der Waals surface area (Å²) in [6, 6.07) is 2.12. The van der Waals surface area contributed by atoms with Gasteiger partial charge in [0.1, 0.15) is 16.9 Å². The summed E-state index contributed by atoms with van der Waals surface area (Å²) in [5, 5.41) is 10.3. The predicted octanol–water partition coefficient (Wildman–Crippen LogP) is 5.46. The number of hydrogen-bond acceptors (Lipinski definition) is 9. The molecule has 1 fully saturated rings. The Morgan fingerprint density at radius 3 is 2.60 bits per heavy atom. The van der Waals surface area contributed by atoms with E-state index in [-0.39, 0.29) is 22.0 Å². The molecule has 5 rings (SSSR count). The van der Waals surface area contributed by atoms with Crippen LogP contribution in [0.5, 0.6) is 5.75 Å². The molecule has 1 saturated heterocycles. The van der Waals surface area contributed by atoms with E-state index in [1.165, 1.54) is 22.9 Å². The monoisotopic (exact) mass is 587 g/mol. The van der Waals surface area contributed by atoms with Crippen LogP contribution in [0.1, 0.15) is 63.1 Å². The molecular weight excluding hydrogens is 550 g/mol. The number of nitrogens with zero attached hydrogens (tertiary/aromatic N) is 5. The van der Waals surface area contributed by atoms with Crippen LogP contribution < -0.4 is 15.4 Å². The van der Waals surface area contributed by atoms with Crippen molar-refractivity contribution in [1.82, 2.24) is 24.6 Å². The van der Waals surface area contributed by atoms with Crippen molar-refractivity contribution in [3.05, 3.63) is 40.2 Å². The Labute approximate surface area is 241 Å². The van der Waals surface area contributed by atoms with Crippen LogP contribution in [-0.4, -0.2) is 64.6 Å². The van der Waals surface area contributed by atoms with Crippen molar-refractivity contribution in [2.45, 2.75) is 82.7 Å². The van der Waals surface area contributed by atoms with Gasteiger partial charge in [-0.3, -0.25) is 4.68 Å². The second-order valence-electron chi connectivity index (χ2n) is 11.1. The zero-order valence-corrected chi connectivity index (χ0v) is 25.5. The third kappa shape index (κ3) is 5.51. The van der Waals surface area contributed by atoms with Crippen LogP contribution in [0.2, 0.25) is 5.02 Å². The zero-order chi connectivity index (χ0) is 28.8. The smallest absolute Gasteiger partial charge is 0.229 e. The maximum absolute atomic E-state index is 13.0. The normalized spacial score (nSPS) is 18.1. The SMILES string of the molecule is CCn1cc(Nc2nc(Nc3cc(C)c(C4CCN(C)CC4)c4c3OC(C)C4)ncc2Cl)c(S(=O)(=O)C(C)C)n1. The number of aromatic nitrogens is 4. The fourth-order valence-corrected chi connectivity index (χ4v) is 6.77. The molecule has 3 aromatic rings. The Balaban J connectivity index is 1.47. The Hall–Kier alpha value is -2.89. The van der Waals surface area contributed by atoms with Crippen LogP contribution in [0.25, 0.3) is 0 Å². The number of likely N-dealkylation sites (tertiary alicyclic amines) is 1. The van der Waals surface area contributed by atoms with Crippen LogP contribution in [0, 0.1) is 6.92 Å². The number of fused-ring (bicyclic) bond motifs is 1. The Kier molecular flexibility index (Phi) is 8.00. The number of hydrogen-bond donors (Lipinski definition) is 2. The van der Waals surface area contributed by atoms with Crippen LogP contribution in [0.4, 0.5) is 23.1 Å². The second-order valence-corrected chi connectivity index (χ2v) is 13.9. The number of rotatable bonds is 8. The van der Waals surface area contributed by atoms with Crippen molar-refractivity contribution in [3.8, 4) is 5.75 Å². The second kappa shape index (κ2) is 11.2. The number of ether oxygens (including phenoxy) is 1. The highest BCUT2D eigenvalue weighted by Gasteiger charge is 2.32. The van der Waals surface area contributed by atoms with Gasteiger partial charge < -0.3 is 20.3 Å². The van der Waals surface area contributed by atoms with Gasteiger partial charge in [-0.15, -0.1) is 0 Å². The molecule has 10 nitrogen and oxygen atoms in total. The summed E-state index contributed by atoms with van der Waals surface area (Å²) in [6.45, 7) is 12.1. The summed E-state index contributed by atoms with van der Waals surface area (Å²) in [5.74, 6) is 1.98. The Morgan fingerprint density at radius 1 is 1.20 bits per heavy atom. The summed E-state index contributed by atoms with van der Waals surface area (Å²) in [7, 11) is -1.46. The molecule has 0 spiro atoms. The van der Waals surface area contributed by atoms with Crippen molar-refractivity contribution in [3.63, 3.8) is 0 Å². The first-order chi connectivity index (χ1) is 19.0. The molecule has 1 atom stereocenters. The first-order valence-electron chi connectivity index (χ1n) is 13.9. The van der Waals surface area contributed by atoms with E-state index in [9.17, 15) is 8.42 Å². The van der Waals surface area contributed by atoms with Crippen LogP contribution in [0.15, 0.2) is 23.5 Å². The first-order valence-corrected chi connectivity index (χ1v) is 15.8. The van der Waals surface area contributed by atoms with E-state index >= 15 is 0 Å². The summed E-state index contributed by atoms with van der Waals surface area (Å²) >= 11 is 6.45. The predicted molar refractivity (Wildman–Crippen MR) is 158 cm³/mol. The third-order valence-electron chi connectivity index (χ3n) is 7.75. The van der Waals surface area contributed by atoms with Gasteiger partial charge in [0.25, 0.3) is 0 Å². The molecule has 1 unspecified atom stereocenters. The minimum atomic E-state index is -3.64. The quantitative estimate of drug-likeness (QED) is 0.355. The maximum atomic E-state index is 13.0. The molecule has 0 saturated carbocycles. The van der Waals surface area contributed by atoms with Crippen LogP contribution >= 0.6 is 11.6 Å². The van der Waals surface area contributed by atoms with Gasteiger partial charge in [-0.05, 0) is 90.7 Å². The molecule has 1 aromatic carbocycles. The molecule has 0 bridgehead atoms. The number of benzene rings is 1. The number of sulfone groups is 1. The van der Waals surface area contributed by atoms with Crippen LogP contribution in [-0.2, 0) is 22.8 Å². The van der Waals surface area contributed by atoms with Crippen molar-refractivity contribution < 1.29 is 13.2 Å². The maximum Gasteiger partial charge on any atom is 0.229 e. The van der Waals surface area contributed by atoms with E-state index in [0.717, 1.165) is 43.8 Å². The van der Waals surface area contributed by atoms with Crippen molar-refractivity contribution in [2.75, 3.05) is 30.8 Å². The lowest BCUT2D eigenvalue weighted by molar-refractivity contribution is 0.254. The lowest BCUT2D eigenvalue weighted by Crippen LogP contribution is -2.29. The van der Waals surface area contributed by atoms with Gasteiger partial charge in [-0.25, -0.2) is 13.4 Å². The van der Waals surface area contributed by atoms with Gasteiger partial charge in [0.05, 0.1) is 22.8 Å². The largest absolute Gasteiger partial charge is 0.488 e. The molecule has 2 aliphatic heterocycles. The summed E-state index contributed by atoms with van der Waals surface area (Å²) in [6.07, 6.45) is 6.38. The van der Waals surface area contributed by atoms with Gasteiger partial charge in [0, 0.05) is 24.7 Å². The van der Waals surface area contributed by atoms with Crippen LogP contribution in [0.3, 0.4) is 0 Å².